The quantitative estimate of drug-likeness (QED) is 0.876. The number of anilines is 1. The molecule has 0 radical (unpaired) electrons. The fraction of sp³-hybridized carbons (Fsp3) is 0.462. The Kier molecular flexibility index (Phi) is 3.73. The van der Waals surface area contributed by atoms with Gasteiger partial charge in [-0.3, -0.25) is 4.79 Å². The van der Waals surface area contributed by atoms with Gasteiger partial charge in [0.1, 0.15) is 5.41 Å². The molecule has 0 spiro atoms. The second-order valence-corrected chi connectivity index (χ2v) is 4.66. The lowest BCUT2D eigenvalue weighted by molar-refractivity contribution is -0.156. The number of hydrogen-bond acceptors (Lipinski definition) is 4. The van der Waals surface area contributed by atoms with Crippen molar-refractivity contribution in [2.75, 3.05) is 38.8 Å². The van der Waals surface area contributed by atoms with Gasteiger partial charge in [0.25, 0.3) is 0 Å². The standard InChI is InChI=1S/C13H17FN2O3/c1-16(12(17)13(6-15)7-19-8-13)9-3-4-11(18-2)10(14)5-9/h3-5H,6-8,15H2,1-2H3. The molecule has 1 aliphatic heterocycles. The molecule has 2 rings (SSSR count). The number of nitrogens with two attached hydrogens (primary N) is 1. The van der Waals surface area contributed by atoms with E-state index in [4.69, 9.17) is 15.2 Å². The predicted molar refractivity (Wildman–Crippen MR) is 68.7 cm³/mol. The third kappa shape index (κ3) is 2.29. The first-order chi connectivity index (χ1) is 9.04. The van der Waals surface area contributed by atoms with Gasteiger partial charge in [-0.25, -0.2) is 4.39 Å². The Hall–Kier alpha value is -1.66. The molecule has 0 atom stereocenters. The van der Waals surface area contributed by atoms with Crippen LogP contribution in [0.15, 0.2) is 18.2 Å². The van der Waals surface area contributed by atoms with Crippen LogP contribution in [0.25, 0.3) is 0 Å². The molecule has 1 saturated heterocycles. The minimum atomic E-state index is -0.675. The van der Waals surface area contributed by atoms with Crippen LogP contribution in [0.4, 0.5) is 10.1 Å². The third-order valence-corrected chi connectivity index (χ3v) is 3.43. The Balaban J connectivity index is 2.22. The van der Waals surface area contributed by atoms with E-state index in [0.29, 0.717) is 18.9 Å². The minimum Gasteiger partial charge on any atom is -0.494 e. The Bertz CT molecular complexity index is 483. The summed E-state index contributed by atoms with van der Waals surface area (Å²) in [7, 11) is 2.99. The van der Waals surface area contributed by atoms with Gasteiger partial charge < -0.3 is 20.1 Å². The Morgan fingerprint density at radius 3 is 2.68 bits per heavy atom. The van der Waals surface area contributed by atoms with Gasteiger partial charge in [-0.2, -0.15) is 0 Å². The first-order valence-electron chi connectivity index (χ1n) is 5.93. The van der Waals surface area contributed by atoms with Crippen molar-refractivity contribution in [3.63, 3.8) is 0 Å². The maximum Gasteiger partial charge on any atom is 0.238 e. The molecular weight excluding hydrogens is 251 g/mol. The topological polar surface area (TPSA) is 64.8 Å². The van der Waals surface area contributed by atoms with Gasteiger partial charge in [-0.15, -0.1) is 0 Å². The Labute approximate surface area is 111 Å². The van der Waals surface area contributed by atoms with Gasteiger partial charge in [0.05, 0.1) is 20.3 Å². The maximum absolute atomic E-state index is 13.6. The molecule has 1 aliphatic rings. The third-order valence-electron chi connectivity index (χ3n) is 3.43. The first-order valence-corrected chi connectivity index (χ1v) is 5.93. The highest BCUT2D eigenvalue weighted by atomic mass is 19.1. The van der Waals surface area contributed by atoms with E-state index in [9.17, 15) is 9.18 Å². The number of hydrogen-bond donors (Lipinski definition) is 1. The normalized spacial score (nSPS) is 16.6. The van der Waals surface area contributed by atoms with Crippen LogP contribution in [0.2, 0.25) is 0 Å². The molecule has 1 heterocycles. The summed E-state index contributed by atoms with van der Waals surface area (Å²) < 4.78 is 23.6. The summed E-state index contributed by atoms with van der Waals surface area (Å²) in [6, 6.07) is 4.38. The molecule has 104 valence electrons. The molecule has 0 aliphatic carbocycles. The van der Waals surface area contributed by atoms with E-state index in [0.717, 1.165) is 0 Å². The van der Waals surface area contributed by atoms with Crippen molar-refractivity contribution in [3.8, 4) is 5.75 Å². The van der Waals surface area contributed by atoms with Crippen LogP contribution in [-0.2, 0) is 9.53 Å². The van der Waals surface area contributed by atoms with Gasteiger partial charge in [0.15, 0.2) is 11.6 Å². The van der Waals surface area contributed by atoms with E-state index in [1.807, 2.05) is 0 Å². The van der Waals surface area contributed by atoms with Crippen molar-refractivity contribution < 1.29 is 18.7 Å². The fourth-order valence-corrected chi connectivity index (χ4v) is 2.01. The van der Waals surface area contributed by atoms with Gasteiger partial charge in [-0.1, -0.05) is 0 Å². The van der Waals surface area contributed by atoms with Gasteiger partial charge in [0, 0.05) is 25.3 Å². The largest absolute Gasteiger partial charge is 0.494 e. The van der Waals surface area contributed by atoms with Crippen LogP contribution in [-0.4, -0.2) is 39.8 Å². The number of carbonyl (C=O) groups excluding carboxylic acids is 1. The summed E-state index contributed by atoms with van der Waals surface area (Å²) in [5, 5.41) is 0. The van der Waals surface area contributed by atoms with E-state index in [1.54, 1.807) is 13.1 Å². The number of methoxy groups -OCH3 is 1. The number of benzene rings is 1. The lowest BCUT2D eigenvalue weighted by Crippen LogP contribution is -2.58. The van der Waals surface area contributed by atoms with Crippen molar-refractivity contribution in [2.24, 2.45) is 11.1 Å². The zero-order valence-corrected chi connectivity index (χ0v) is 11.0. The summed E-state index contributed by atoms with van der Waals surface area (Å²) in [6.45, 7) is 0.839. The molecule has 0 bridgehead atoms. The smallest absolute Gasteiger partial charge is 0.238 e. The molecule has 1 aromatic rings. The number of nitrogens with zero attached hydrogens (tertiary/aromatic N) is 1. The molecule has 6 heteroatoms. The van der Waals surface area contributed by atoms with Crippen LogP contribution < -0.4 is 15.4 Å². The monoisotopic (exact) mass is 268 g/mol. The SMILES string of the molecule is COc1ccc(N(C)C(=O)C2(CN)COC2)cc1F. The van der Waals surface area contributed by atoms with E-state index in [1.165, 1.54) is 24.1 Å². The molecule has 0 unspecified atom stereocenters. The van der Waals surface area contributed by atoms with Crippen molar-refractivity contribution in [2.45, 2.75) is 0 Å². The molecule has 1 aromatic carbocycles. The highest BCUT2D eigenvalue weighted by Gasteiger charge is 2.46. The van der Waals surface area contributed by atoms with Crippen LogP contribution in [0.1, 0.15) is 0 Å². The molecule has 1 fully saturated rings. The van der Waals surface area contributed by atoms with Crippen molar-refractivity contribution >= 4 is 11.6 Å². The van der Waals surface area contributed by atoms with Crippen LogP contribution >= 0.6 is 0 Å². The van der Waals surface area contributed by atoms with Gasteiger partial charge >= 0.3 is 0 Å². The Morgan fingerprint density at radius 1 is 1.58 bits per heavy atom. The van der Waals surface area contributed by atoms with Gasteiger partial charge in [-0.05, 0) is 12.1 Å². The molecule has 0 saturated carbocycles. The number of carbonyl (C=O) groups is 1. The zero-order chi connectivity index (χ0) is 14.0. The number of rotatable bonds is 4. The summed E-state index contributed by atoms with van der Waals surface area (Å²) in [5.41, 5.74) is 5.43. The fourth-order valence-electron chi connectivity index (χ4n) is 2.01. The second-order valence-electron chi connectivity index (χ2n) is 4.66. The molecule has 2 N–H and O–H groups in total. The minimum absolute atomic E-state index is 0.144. The van der Waals surface area contributed by atoms with Crippen molar-refractivity contribution in [1.82, 2.24) is 0 Å². The summed E-state index contributed by atoms with van der Waals surface area (Å²) >= 11 is 0. The van der Waals surface area contributed by atoms with E-state index >= 15 is 0 Å². The Morgan fingerprint density at radius 2 is 2.26 bits per heavy atom. The summed E-state index contributed by atoms with van der Waals surface area (Å²) in [4.78, 5) is 13.8. The summed E-state index contributed by atoms with van der Waals surface area (Å²) in [5.74, 6) is -0.526. The first kappa shape index (κ1) is 13.8. The molecular formula is C13H17FN2O3. The molecule has 5 nitrogen and oxygen atoms in total. The van der Waals surface area contributed by atoms with E-state index in [-0.39, 0.29) is 18.2 Å². The average Bonchev–Trinajstić information content (AvgIpc) is 2.37. The van der Waals surface area contributed by atoms with E-state index < -0.39 is 11.2 Å². The number of amides is 1. The van der Waals surface area contributed by atoms with Crippen LogP contribution in [0.5, 0.6) is 5.75 Å². The molecule has 0 aromatic heterocycles. The zero-order valence-electron chi connectivity index (χ0n) is 11.0. The lowest BCUT2D eigenvalue weighted by atomic mass is 9.84. The highest BCUT2D eigenvalue weighted by molar-refractivity contribution is 5.98. The number of ether oxygens (including phenoxy) is 2. The molecule has 1 amide bonds. The van der Waals surface area contributed by atoms with E-state index in [2.05, 4.69) is 0 Å². The lowest BCUT2D eigenvalue weighted by Gasteiger charge is -2.41. The molecule has 19 heavy (non-hydrogen) atoms. The second kappa shape index (κ2) is 5.14. The van der Waals surface area contributed by atoms with Crippen LogP contribution in [0.3, 0.4) is 0 Å². The van der Waals surface area contributed by atoms with Crippen molar-refractivity contribution in [1.29, 1.82) is 0 Å². The van der Waals surface area contributed by atoms with Gasteiger partial charge in [0.2, 0.25) is 5.91 Å². The van der Waals surface area contributed by atoms with Crippen LogP contribution in [0, 0.1) is 11.2 Å². The summed E-state index contributed by atoms with van der Waals surface area (Å²) in [6.07, 6.45) is 0. The highest BCUT2D eigenvalue weighted by Crippen LogP contribution is 2.31. The van der Waals surface area contributed by atoms with Crippen molar-refractivity contribution in [3.05, 3.63) is 24.0 Å². The number of halogens is 1. The average molecular weight is 268 g/mol. The predicted octanol–water partition coefficient (Wildman–Crippen LogP) is 0.772. The maximum atomic E-state index is 13.6.